The predicted octanol–water partition coefficient (Wildman–Crippen LogP) is 6.12. The van der Waals surface area contributed by atoms with Crippen molar-refractivity contribution in [3.8, 4) is 0 Å². The molecule has 1 rings (SSSR count). The summed E-state index contributed by atoms with van der Waals surface area (Å²) >= 11 is 1.27. The summed E-state index contributed by atoms with van der Waals surface area (Å²) in [5.41, 5.74) is 0. The molecule has 1 aliphatic carbocycles. The van der Waals surface area contributed by atoms with Crippen molar-refractivity contribution in [2.75, 3.05) is 0 Å². The van der Waals surface area contributed by atoms with Gasteiger partial charge >= 0.3 is 95.7 Å². The third-order valence-electron chi connectivity index (χ3n) is 1.05. The van der Waals surface area contributed by atoms with Gasteiger partial charge in [0, 0.05) is 0 Å². The van der Waals surface area contributed by atoms with Crippen LogP contribution in [0.5, 0.6) is 0 Å². The number of rotatable bonds is 2. The van der Waals surface area contributed by atoms with Gasteiger partial charge in [0.2, 0.25) is 0 Å². The Hall–Kier alpha value is 0.00948. The van der Waals surface area contributed by atoms with E-state index in [1.165, 1.54) is 21.4 Å². The molecule has 0 radical (unpaired) electrons. The molecule has 0 fully saturated rings. The minimum absolute atomic E-state index is 0.816. The summed E-state index contributed by atoms with van der Waals surface area (Å²) in [5.74, 6) is 0. The van der Waals surface area contributed by atoms with Gasteiger partial charge in [0.15, 0.2) is 0 Å². The van der Waals surface area contributed by atoms with Crippen molar-refractivity contribution in [2.24, 2.45) is 0 Å². The molecular formula is C8H12F6FeP. The fourth-order valence-electron chi connectivity index (χ4n) is 0.754. The predicted molar refractivity (Wildman–Crippen MR) is 50.5 cm³/mol. The zero-order chi connectivity index (χ0) is 13.1. The van der Waals surface area contributed by atoms with Crippen molar-refractivity contribution < 1.29 is 40.1 Å². The molecule has 0 atom stereocenters. The molecule has 0 bridgehead atoms. The Morgan fingerprint density at radius 3 is 1.81 bits per heavy atom. The van der Waals surface area contributed by atoms with Crippen LogP contribution in [0, 0.1) is 0 Å². The maximum absolute atomic E-state index is 10.7. The zero-order valence-corrected chi connectivity index (χ0v) is 10.6. The average molecular weight is 309 g/mol. The summed E-state index contributed by atoms with van der Waals surface area (Å²) in [6.45, 7) is 4.53. The van der Waals surface area contributed by atoms with E-state index in [1.54, 1.807) is 4.47 Å². The van der Waals surface area contributed by atoms with Gasteiger partial charge in [-0.1, -0.05) is 0 Å². The van der Waals surface area contributed by atoms with E-state index in [2.05, 4.69) is 32.1 Å². The molecule has 0 heterocycles. The van der Waals surface area contributed by atoms with Crippen LogP contribution < -0.4 is 0 Å². The van der Waals surface area contributed by atoms with Crippen molar-refractivity contribution in [3.05, 3.63) is 22.7 Å². The quantitative estimate of drug-likeness (QED) is 0.327. The molecule has 99 valence electrons. The van der Waals surface area contributed by atoms with Crippen molar-refractivity contribution in [1.29, 1.82) is 0 Å². The van der Waals surface area contributed by atoms with E-state index >= 15 is 0 Å². The number of halogens is 6. The molecule has 0 aromatic carbocycles. The second-order valence-corrected chi connectivity index (χ2v) is 7.50. The number of allylic oxidation sites excluding steroid dienone is 4. The topological polar surface area (TPSA) is 0 Å². The van der Waals surface area contributed by atoms with Crippen molar-refractivity contribution in [2.45, 2.75) is 25.1 Å². The van der Waals surface area contributed by atoms with E-state index in [0.29, 0.717) is 0 Å². The standard InChI is InChI=1S/C5H5.C3H7.F6P.Fe/c1-2-4-5-3-1;1-3-2;1-7(2,3,4,5)6;/h1-3H,4H2;3H,1-2H3;;/q;;-1;+1. The first-order valence-electron chi connectivity index (χ1n) is 4.27. The van der Waals surface area contributed by atoms with Crippen LogP contribution in [0.2, 0.25) is 4.82 Å². The zero-order valence-electron chi connectivity index (χ0n) is 8.59. The molecule has 1 aliphatic rings. The second kappa shape index (κ2) is 4.35. The van der Waals surface area contributed by atoms with Crippen LogP contribution in [0.15, 0.2) is 22.7 Å². The summed E-state index contributed by atoms with van der Waals surface area (Å²) in [6.07, 6.45) is 7.80. The summed E-state index contributed by atoms with van der Waals surface area (Å²) in [6, 6.07) is 0. The fourth-order valence-corrected chi connectivity index (χ4v) is 2.05. The second-order valence-electron chi connectivity index (χ2n) is 3.28. The van der Waals surface area contributed by atoms with Crippen LogP contribution >= 0.6 is 7.81 Å². The SMILES string of the molecule is C[CH](C)[Fe+][C]1=CC=CC1.F[P-](F)(F)(F)(F)F. The molecule has 0 saturated carbocycles. The fraction of sp³-hybridized carbons (Fsp3) is 0.500. The van der Waals surface area contributed by atoms with Gasteiger partial charge in [0.25, 0.3) is 0 Å². The van der Waals surface area contributed by atoms with Gasteiger partial charge in [-0.3, -0.25) is 0 Å². The molecule has 0 amide bonds. The van der Waals surface area contributed by atoms with Crippen LogP contribution in [0.4, 0.5) is 25.2 Å². The van der Waals surface area contributed by atoms with Gasteiger partial charge in [-0.05, 0) is 0 Å². The van der Waals surface area contributed by atoms with Crippen LogP contribution in [0.25, 0.3) is 0 Å². The summed E-state index contributed by atoms with van der Waals surface area (Å²) < 4.78 is 60.8. The average Bonchev–Trinajstić information content (AvgIpc) is 2.29. The molecule has 8 heteroatoms. The Kier molecular flexibility index (Phi) is 4.36. The molecule has 0 spiro atoms. The van der Waals surface area contributed by atoms with Crippen molar-refractivity contribution in [1.82, 2.24) is 0 Å². The molecule has 16 heavy (non-hydrogen) atoms. The molecule has 0 nitrogen and oxygen atoms in total. The first-order chi connectivity index (χ1) is 6.74. The Morgan fingerprint density at radius 2 is 1.56 bits per heavy atom. The third kappa shape index (κ3) is 19.6. The molecule has 0 unspecified atom stereocenters. The number of hydrogen-bond acceptors (Lipinski definition) is 0. The van der Waals surface area contributed by atoms with E-state index in [1.807, 2.05) is 0 Å². The van der Waals surface area contributed by atoms with Crippen LogP contribution in [0.1, 0.15) is 20.3 Å². The molecule has 0 aromatic rings. The summed E-state index contributed by atoms with van der Waals surface area (Å²) in [4.78, 5) is 0.816. The van der Waals surface area contributed by atoms with E-state index < -0.39 is 7.81 Å². The maximum atomic E-state index is 9.87. The first-order valence-corrected chi connectivity index (χ1v) is 7.48. The summed E-state index contributed by atoms with van der Waals surface area (Å²) in [7, 11) is -10.7. The molecule has 0 N–H and O–H groups in total. The molecule has 0 saturated heterocycles. The van der Waals surface area contributed by atoms with Crippen molar-refractivity contribution in [3.63, 3.8) is 0 Å². The monoisotopic (exact) mass is 309 g/mol. The van der Waals surface area contributed by atoms with E-state index in [-0.39, 0.29) is 0 Å². The van der Waals surface area contributed by atoms with Crippen LogP contribution in [-0.2, 0) is 15.0 Å². The Morgan fingerprint density at radius 1 is 1.12 bits per heavy atom. The Bertz CT molecular complexity index is 287. The molecule has 0 aliphatic heterocycles. The number of hydrogen-bond donors (Lipinski definition) is 0. The third-order valence-corrected chi connectivity index (χ3v) is 2.51. The van der Waals surface area contributed by atoms with Crippen LogP contribution in [-0.4, -0.2) is 0 Å². The normalized spacial score (nSPS) is 19.7. The minimum atomic E-state index is -10.7. The Labute approximate surface area is 96.2 Å². The van der Waals surface area contributed by atoms with E-state index in [4.69, 9.17) is 0 Å². The molecular weight excluding hydrogens is 297 g/mol. The summed E-state index contributed by atoms with van der Waals surface area (Å²) in [5, 5.41) is 0. The van der Waals surface area contributed by atoms with Gasteiger partial charge < -0.3 is 0 Å². The van der Waals surface area contributed by atoms with E-state index in [9.17, 15) is 25.2 Å². The van der Waals surface area contributed by atoms with E-state index in [0.717, 1.165) is 4.82 Å². The molecule has 0 aromatic heterocycles. The van der Waals surface area contributed by atoms with Gasteiger partial charge in [-0.2, -0.15) is 0 Å². The van der Waals surface area contributed by atoms with Crippen molar-refractivity contribution >= 4 is 7.81 Å². The van der Waals surface area contributed by atoms with Gasteiger partial charge in [-0.15, -0.1) is 0 Å². The van der Waals surface area contributed by atoms with Gasteiger partial charge in [0.1, 0.15) is 0 Å². The first kappa shape index (κ1) is 16.0. The van der Waals surface area contributed by atoms with Gasteiger partial charge in [0.05, 0.1) is 0 Å². The Balaban J connectivity index is 0.000000293. The van der Waals surface area contributed by atoms with Crippen LogP contribution in [0.3, 0.4) is 0 Å². The van der Waals surface area contributed by atoms with Gasteiger partial charge in [-0.25, -0.2) is 0 Å².